The molecule has 2 N–H and O–H groups in total. The topological polar surface area (TPSA) is 24.1 Å². The molecule has 1 saturated carbocycles. The summed E-state index contributed by atoms with van der Waals surface area (Å²) in [6.07, 6.45) is 2.75. The van der Waals surface area contributed by atoms with E-state index in [2.05, 4.69) is 38.3 Å². The van der Waals surface area contributed by atoms with Crippen molar-refractivity contribution in [1.82, 2.24) is 10.6 Å². The van der Waals surface area contributed by atoms with Gasteiger partial charge < -0.3 is 10.6 Å². The van der Waals surface area contributed by atoms with Crippen molar-refractivity contribution < 1.29 is 0 Å². The normalized spacial score (nSPS) is 34.0. The van der Waals surface area contributed by atoms with Gasteiger partial charge in [0.15, 0.2) is 0 Å². The molecule has 2 fully saturated rings. The molecule has 2 rings (SSSR count). The molecule has 1 unspecified atom stereocenters. The number of nitrogens with one attached hydrogen (secondary N) is 2. The molecule has 88 valence electrons. The minimum Gasteiger partial charge on any atom is -0.316 e. The Hall–Kier alpha value is -0.0800. The van der Waals surface area contributed by atoms with E-state index < -0.39 is 0 Å². The van der Waals surface area contributed by atoms with Crippen LogP contribution in [0.5, 0.6) is 0 Å². The van der Waals surface area contributed by atoms with Gasteiger partial charge in [0.2, 0.25) is 0 Å². The molecular formula is C13H26N2. The third-order valence-corrected chi connectivity index (χ3v) is 5.03. The van der Waals surface area contributed by atoms with Gasteiger partial charge in [0.05, 0.1) is 0 Å². The van der Waals surface area contributed by atoms with Gasteiger partial charge in [-0.25, -0.2) is 0 Å². The average Bonchev–Trinajstić information content (AvgIpc) is 2.57. The van der Waals surface area contributed by atoms with E-state index in [1.165, 1.54) is 32.5 Å². The van der Waals surface area contributed by atoms with Crippen molar-refractivity contribution in [3.8, 4) is 0 Å². The van der Waals surface area contributed by atoms with Crippen molar-refractivity contribution in [2.24, 2.45) is 16.7 Å². The predicted molar refractivity (Wildman–Crippen MR) is 64.9 cm³/mol. The average molecular weight is 210 g/mol. The third-order valence-electron chi connectivity index (χ3n) is 5.03. The summed E-state index contributed by atoms with van der Waals surface area (Å²) in [5.74, 6) is 0.853. The molecule has 2 nitrogen and oxygen atoms in total. The van der Waals surface area contributed by atoms with Gasteiger partial charge >= 0.3 is 0 Å². The van der Waals surface area contributed by atoms with Crippen LogP contribution in [-0.4, -0.2) is 25.7 Å². The Kier molecular flexibility index (Phi) is 2.85. The maximum Gasteiger partial charge on any atom is 0.0181 e. The van der Waals surface area contributed by atoms with Crippen LogP contribution >= 0.6 is 0 Å². The van der Waals surface area contributed by atoms with Gasteiger partial charge in [-0.15, -0.1) is 0 Å². The van der Waals surface area contributed by atoms with E-state index in [0.717, 1.165) is 5.92 Å². The summed E-state index contributed by atoms with van der Waals surface area (Å²) < 4.78 is 0. The summed E-state index contributed by atoms with van der Waals surface area (Å²) in [5, 5.41) is 7.25. The lowest BCUT2D eigenvalue weighted by Crippen LogP contribution is -2.37. The summed E-state index contributed by atoms with van der Waals surface area (Å²) in [4.78, 5) is 0. The van der Waals surface area contributed by atoms with Crippen molar-refractivity contribution in [3.63, 3.8) is 0 Å². The van der Waals surface area contributed by atoms with Crippen LogP contribution in [0.3, 0.4) is 0 Å². The maximum absolute atomic E-state index is 3.77. The Morgan fingerprint density at radius 3 is 2.33 bits per heavy atom. The molecule has 1 saturated heterocycles. The van der Waals surface area contributed by atoms with E-state index in [1.807, 2.05) is 0 Å². The third kappa shape index (κ3) is 1.94. The fraction of sp³-hybridized carbons (Fsp3) is 1.00. The molecule has 0 aromatic heterocycles. The highest BCUT2D eigenvalue weighted by Gasteiger charge is 2.64. The van der Waals surface area contributed by atoms with Crippen molar-refractivity contribution in [2.45, 2.75) is 46.6 Å². The molecule has 15 heavy (non-hydrogen) atoms. The first-order valence-electron chi connectivity index (χ1n) is 6.40. The minimum absolute atomic E-state index is 0.481. The number of hydrogen-bond donors (Lipinski definition) is 2. The molecule has 0 radical (unpaired) electrons. The van der Waals surface area contributed by atoms with E-state index >= 15 is 0 Å². The SMILES string of the molecule is CC1(C)C(NCC2CCCNC2)C1(C)C. The molecule has 1 heterocycles. The van der Waals surface area contributed by atoms with E-state index in [1.54, 1.807) is 0 Å². The van der Waals surface area contributed by atoms with Crippen LogP contribution in [0.15, 0.2) is 0 Å². The quantitative estimate of drug-likeness (QED) is 0.744. The lowest BCUT2D eigenvalue weighted by molar-refractivity contribution is 0.351. The summed E-state index contributed by atoms with van der Waals surface area (Å²) >= 11 is 0. The minimum atomic E-state index is 0.481. The molecular weight excluding hydrogens is 184 g/mol. The van der Waals surface area contributed by atoms with Crippen molar-refractivity contribution in [1.29, 1.82) is 0 Å². The maximum atomic E-state index is 3.77. The molecule has 1 atom stereocenters. The van der Waals surface area contributed by atoms with Crippen LogP contribution in [0.1, 0.15) is 40.5 Å². The van der Waals surface area contributed by atoms with Gasteiger partial charge in [-0.1, -0.05) is 27.7 Å². The number of rotatable bonds is 3. The summed E-state index contributed by atoms with van der Waals surface area (Å²) in [6, 6.07) is 0.715. The van der Waals surface area contributed by atoms with Crippen LogP contribution in [0, 0.1) is 16.7 Å². The van der Waals surface area contributed by atoms with Crippen LogP contribution < -0.4 is 10.6 Å². The smallest absolute Gasteiger partial charge is 0.0181 e. The zero-order chi connectivity index (χ0) is 11.1. The molecule has 0 aromatic carbocycles. The van der Waals surface area contributed by atoms with Gasteiger partial charge in [-0.2, -0.15) is 0 Å². The van der Waals surface area contributed by atoms with Gasteiger partial charge in [0.25, 0.3) is 0 Å². The fourth-order valence-electron chi connectivity index (χ4n) is 3.09. The van der Waals surface area contributed by atoms with Crippen LogP contribution in [-0.2, 0) is 0 Å². The van der Waals surface area contributed by atoms with Crippen LogP contribution in [0.2, 0.25) is 0 Å². The van der Waals surface area contributed by atoms with Gasteiger partial charge in [0, 0.05) is 6.04 Å². The first-order chi connectivity index (χ1) is 6.96. The van der Waals surface area contributed by atoms with Crippen LogP contribution in [0.4, 0.5) is 0 Å². The van der Waals surface area contributed by atoms with Crippen molar-refractivity contribution >= 4 is 0 Å². The summed E-state index contributed by atoms with van der Waals surface area (Å²) in [6.45, 7) is 13.1. The largest absolute Gasteiger partial charge is 0.316 e. The highest BCUT2D eigenvalue weighted by Crippen LogP contribution is 2.62. The highest BCUT2D eigenvalue weighted by atomic mass is 15.0. The molecule has 0 spiro atoms. The lowest BCUT2D eigenvalue weighted by atomic mass is 9.99. The van der Waals surface area contributed by atoms with Gasteiger partial charge in [-0.3, -0.25) is 0 Å². The first-order valence-corrected chi connectivity index (χ1v) is 6.40. The molecule has 0 amide bonds. The molecule has 0 bridgehead atoms. The second-order valence-corrected chi connectivity index (χ2v) is 6.50. The van der Waals surface area contributed by atoms with E-state index in [4.69, 9.17) is 0 Å². The first kappa shape index (κ1) is 11.4. The molecule has 0 aromatic rings. The molecule has 2 aliphatic rings. The second kappa shape index (κ2) is 3.74. The Morgan fingerprint density at radius 2 is 1.87 bits per heavy atom. The standard InChI is InChI=1S/C13H26N2/c1-12(2)11(13(12,3)4)15-9-10-6-5-7-14-8-10/h10-11,14-15H,5-9H2,1-4H3. The predicted octanol–water partition coefficient (Wildman–Crippen LogP) is 2.01. The van der Waals surface area contributed by atoms with E-state index in [0.29, 0.717) is 16.9 Å². The lowest BCUT2D eigenvalue weighted by Gasteiger charge is -2.23. The second-order valence-electron chi connectivity index (χ2n) is 6.50. The monoisotopic (exact) mass is 210 g/mol. The molecule has 1 aliphatic heterocycles. The Morgan fingerprint density at radius 1 is 1.20 bits per heavy atom. The van der Waals surface area contributed by atoms with Gasteiger partial charge in [0.1, 0.15) is 0 Å². The van der Waals surface area contributed by atoms with Crippen LogP contribution in [0.25, 0.3) is 0 Å². The van der Waals surface area contributed by atoms with Crippen molar-refractivity contribution in [3.05, 3.63) is 0 Å². The van der Waals surface area contributed by atoms with E-state index in [-0.39, 0.29) is 0 Å². The number of piperidine rings is 1. The Labute approximate surface area is 94.2 Å². The number of hydrogen-bond acceptors (Lipinski definition) is 2. The summed E-state index contributed by atoms with van der Waals surface area (Å²) in [5.41, 5.74) is 0.962. The van der Waals surface area contributed by atoms with Gasteiger partial charge in [-0.05, 0) is 49.2 Å². The molecule has 1 aliphatic carbocycles. The Bertz CT molecular complexity index is 213. The zero-order valence-corrected chi connectivity index (χ0v) is 10.7. The molecule has 2 heteroatoms. The van der Waals surface area contributed by atoms with Crippen molar-refractivity contribution in [2.75, 3.05) is 19.6 Å². The Balaban J connectivity index is 1.75. The fourth-order valence-corrected chi connectivity index (χ4v) is 3.09. The highest BCUT2D eigenvalue weighted by molar-refractivity contribution is 5.17. The van der Waals surface area contributed by atoms with E-state index in [9.17, 15) is 0 Å². The summed E-state index contributed by atoms with van der Waals surface area (Å²) in [7, 11) is 0. The zero-order valence-electron chi connectivity index (χ0n) is 10.7.